The Balaban J connectivity index is 0.00000306. The maximum Gasteiger partial charge on any atom is 0.306 e. The number of carboxylic acids is 1. The van der Waals surface area contributed by atoms with Gasteiger partial charge in [-0.2, -0.15) is 0 Å². The van der Waals surface area contributed by atoms with Crippen LogP contribution in [-0.4, -0.2) is 27.7 Å². The van der Waals surface area contributed by atoms with Gasteiger partial charge in [0.2, 0.25) is 0 Å². The summed E-state index contributed by atoms with van der Waals surface area (Å²) in [6.07, 6.45) is 3.01. The molecule has 5 nitrogen and oxygen atoms in total. The molecule has 176 valence electrons. The van der Waals surface area contributed by atoms with Crippen molar-refractivity contribution in [2.24, 2.45) is 11.8 Å². The summed E-state index contributed by atoms with van der Waals surface area (Å²) < 4.78 is 28.5. The Morgan fingerprint density at radius 3 is 2.36 bits per heavy atom. The van der Waals surface area contributed by atoms with Crippen LogP contribution < -0.4 is 5.32 Å². The summed E-state index contributed by atoms with van der Waals surface area (Å²) in [7, 11) is 0. The molecule has 1 aliphatic rings. The van der Waals surface area contributed by atoms with Crippen LogP contribution in [0.1, 0.15) is 43.6 Å². The average molecular weight is 475 g/mol. The van der Waals surface area contributed by atoms with Gasteiger partial charge in [-0.3, -0.25) is 4.79 Å². The normalized spacial score (nSPS) is 17.9. The van der Waals surface area contributed by atoms with Gasteiger partial charge in [0.05, 0.1) is 11.6 Å². The van der Waals surface area contributed by atoms with Gasteiger partial charge in [0.25, 0.3) is 0 Å². The second kappa shape index (κ2) is 10.7. The maximum atomic E-state index is 14.3. The van der Waals surface area contributed by atoms with Crippen LogP contribution in [0, 0.1) is 23.5 Å². The van der Waals surface area contributed by atoms with Crippen molar-refractivity contribution in [3.05, 3.63) is 64.5 Å². The molecule has 4 rings (SSSR count). The number of halogens is 2. The fourth-order valence-corrected chi connectivity index (χ4v) is 5.13. The highest BCUT2D eigenvalue weighted by molar-refractivity contribution is 7.16. The number of para-hydroxylation sites is 1. The van der Waals surface area contributed by atoms with Gasteiger partial charge < -0.3 is 15.5 Å². The smallest absolute Gasteiger partial charge is 0.306 e. The lowest BCUT2D eigenvalue weighted by Crippen LogP contribution is -2.25. The van der Waals surface area contributed by atoms with Gasteiger partial charge in [-0.25, -0.2) is 13.8 Å². The van der Waals surface area contributed by atoms with E-state index >= 15 is 0 Å². The number of nitrogens with zero attached hydrogens (tertiary/aromatic N) is 1. The number of carbonyl (C=O) groups is 1. The number of nitrogens with one attached hydrogen (secondary N) is 1. The third kappa shape index (κ3) is 5.68. The lowest BCUT2D eigenvalue weighted by atomic mass is 9.82. The van der Waals surface area contributed by atoms with Crippen molar-refractivity contribution >= 4 is 22.4 Å². The molecule has 33 heavy (non-hydrogen) atoms. The molecule has 1 aliphatic carbocycles. The minimum Gasteiger partial charge on any atom is -0.507 e. The van der Waals surface area contributed by atoms with Gasteiger partial charge in [-0.15, -0.1) is 11.3 Å². The molecule has 0 amide bonds. The number of aromatic nitrogens is 1. The highest BCUT2D eigenvalue weighted by Gasteiger charge is 2.26. The number of hydrogen-bond acceptors (Lipinski definition) is 5. The van der Waals surface area contributed by atoms with Crippen molar-refractivity contribution in [3.8, 4) is 17.0 Å². The van der Waals surface area contributed by atoms with E-state index in [0.29, 0.717) is 46.6 Å². The highest BCUT2D eigenvalue weighted by Crippen LogP contribution is 2.38. The minimum atomic E-state index is -0.728. The number of aromatic hydroxyl groups is 1. The first-order valence-electron chi connectivity index (χ1n) is 10.6. The molecule has 0 radical (unpaired) electrons. The monoisotopic (exact) mass is 474 g/mol. The Morgan fingerprint density at radius 1 is 1.06 bits per heavy atom. The predicted octanol–water partition coefficient (Wildman–Crippen LogP) is 6.32. The van der Waals surface area contributed by atoms with Gasteiger partial charge in [0, 0.05) is 29.0 Å². The number of anilines is 1. The van der Waals surface area contributed by atoms with Gasteiger partial charge in [0.1, 0.15) is 17.4 Å². The van der Waals surface area contributed by atoms with Crippen LogP contribution in [0.4, 0.5) is 13.9 Å². The van der Waals surface area contributed by atoms with E-state index in [9.17, 15) is 18.7 Å². The number of rotatable bonds is 7. The Hall–Kier alpha value is -3.00. The van der Waals surface area contributed by atoms with E-state index in [2.05, 4.69) is 10.3 Å². The molecule has 3 N–H and O–H groups in total. The van der Waals surface area contributed by atoms with E-state index in [1.165, 1.54) is 29.5 Å². The Labute approximate surface area is 196 Å². The molecule has 1 fully saturated rings. The Kier molecular flexibility index (Phi) is 8.02. The zero-order chi connectivity index (χ0) is 22.7. The molecule has 0 unspecified atom stereocenters. The number of hydrogen-bond donors (Lipinski definition) is 3. The van der Waals surface area contributed by atoms with E-state index < -0.39 is 17.6 Å². The summed E-state index contributed by atoms with van der Waals surface area (Å²) in [6, 6.07) is 10.5. The van der Waals surface area contributed by atoms with E-state index in [1.807, 2.05) is 0 Å². The number of benzene rings is 2. The van der Waals surface area contributed by atoms with E-state index in [0.717, 1.165) is 12.8 Å². The second-order valence-electron chi connectivity index (χ2n) is 8.12. The quantitative estimate of drug-likeness (QED) is 0.373. The topological polar surface area (TPSA) is 82.5 Å². The molecule has 0 atom stereocenters. The summed E-state index contributed by atoms with van der Waals surface area (Å²) in [5.74, 6) is -1.84. The highest BCUT2D eigenvalue weighted by atomic mass is 32.1. The second-order valence-corrected chi connectivity index (χ2v) is 9.21. The van der Waals surface area contributed by atoms with Crippen LogP contribution in [0.3, 0.4) is 0 Å². The third-order valence-electron chi connectivity index (χ3n) is 5.99. The molecular formula is C25H28F2N2O3S. The van der Waals surface area contributed by atoms with Gasteiger partial charge in [-0.1, -0.05) is 25.6 Å². The van der Waals surface area contributed by atoms with E-state index in [-0.39, 0.29) is 31.1 Å². The summed E-state index contributed by atoms with van der Waals surface area (Å²) >= 11 is 1.31. The zero-order valence-electron chi connectivity index (χ0n) is 17.4. The van der Waals surface area contributed by atoms with Crippen molar-refractivity contribution in [3.63, 3.8) is 0 Å². The number of aliphatic carboxylic acids is 1. The first-order chi connectivity index (χ1) is 15.4. The SMILES string of the molecule is C.O=C(O)C1CCC(CNc2nc(-c3ccccc3O)c(Cc3c(F)cccc3F)s2)CC1. The lowest BCUT2D eigenvalue weighted by molar-refractivity contribution is -0.143. The number of phenolic OH excluding ortho intramolecular Hbond substituents is 1. The Morgan fingerprint density at radius 2 is 1.73 bits per heavy atom. The largest absolute Gasteiger partial charge is 0.507 e. The van der Waals surface area contributed by atoms with Crippen LogP contribution >= 0.6 is 11.3 Å². The number of carboxylic acid groups (broad SMARTS) is 1. The summed E-state index contributed by atoms with van der Waals surface area (Å²) in [6.45, 7) is 0.646. The molecule has 2 aromatic carbocycles. The van der Waals surface area contributed by atoms with Crippen molar-refractivity contribution in [1.29, 1.82) is 0 Å². The van der Waals surface area contributed by atoms with E-state index in [4.69, 9.17) is 5.11 Å². The predicted molar refractivity (Wildman–Crippen MR) is 127 cm³/mol. The fraction of sp³-hybridized carbons (Fsp3) is 0.360. The molecule has 1 saturated carbocycles. The molecule has 0 spiro atoms. The van der Waals surface area contributed by atoms with Crippen molar-refractivity contribution < 1.29 is 23.8 Å². The van der Waals surface area contributed by atoms with Crippen LogP contribution in [-0.2, 0) is 11.2 Å². The molecule has 0 saturated heterocycles. The lowest BCUT2D eigenvalue weighted by Gasteiger charge is -2.26. The van der Waals surface area contributed by atoms with Crippen LogP contribution in [0.2, 0.25) is 0 Å². The van der Waals surface area contributed by atoms with Crippen LogP contribution in [0.25, 0.3) is 11.3 Å². The summed E-state index contributed by atoms with van der Waals surface area (Å²) in [5.41, 5.74) is 0.963. The van der Waals surface area contributed by atoms with Crippen molar-refractivity contribution in [2.75, 3.05) is 11.9 Å². The summed E-state index contributed by atoms with van der Waals surface area (Å²) in [4.78, 5) is 16.4. The minimum absolute atomic E-state index is 0. The standard InChI is InChI=1S/C24H24F2N2O3S.CH4/c25-18-5-3-6-19(26)17(18)12-21-22(16-4-1-2-7-20(16)29)28-24(32-21)27-13-14-8-10-15(11-9-14)23(30)31;/h1-7,14-15,29H,8-13H2,(H,27,28)(H,30,31);1H4. The molecule has 0 bridgehead atoms. The maximum absolute atomic E-state index is 14.3. The van der Waals surface area contributed by atoms with E-state index in [1.54, 1.807) is 24.3 Å². The van der Waals surface area contributed by atoms with Gasteiger partial charge in [-0.05, 0) is 55.9 Å². The molecule has 0 aliphatic heterocycles. The van der Waals surface area contributed by atoms with Crippen molar-refractivity contribution in [2.45, 2.75) is 39.5 Å². The zero-order valence-corrected chi connectivity index (χ0v) is 18.2. The van der Waals surface area contributed by atoms with Crippen LogP contribution in [0.15, 0.2) is 42.5 Å². The number of phenols is 1. The Bertz CT molecular complexity index is 1090. The molecule has 1 heterocycles. The fourth-order valence-electron chi connectivity index (χ4n) is 4.14. The van der Waals surface area contributed by atoms with Crippen LogP contribution in [0.5, 0.6) is 5.75 Å². The first kappa shape index (κ1) is 24.6. The molecule has 1 aromatic heterocycles. The molecular weight excluding hydrogens is 446 g/mol. The number of thiazole rings is 1. The first-order valence-corrected chi connectivity index (χ1v) is 11.4. The van der Waals surface area contributed by atoms with Gasteiger partial charge >= 0.3 is 5.97 Å². The third-order valence-corrected chi connectivity index (χ3v) is 7.01. The average Bonchev–Trinajstić information content (AvgIpc) is 3.18. The van der Waals surface area contributed by atoms with Crippen molar-refractivity contribution in [1.82, 2.24) is 4.98 Å². The molecule has 3 aromatic rings. The van der Waals surface area contributed by atoms with Gasteiger partial charge in [0.15, 0.2) is 5.13 Å². The molecule has 8 heteroatoms. The summed E-state index contributed by atoms with van der Waals surface area (Å²) in [5, 5.41) is 23.4.